The summed E-state index contributed by atoms with van der Waals surface area (Å²) in [5.41, 5.74) is 1.28. The summed E-state index contributed by atoms with van der Waals surface area (Å²) in [5, 5.41) is 0.296. The summed E-state index contributed by atoms with van der Waals surface area (Å²) in [6.45, 7) is 5.26. The monoisotopic (exact) mass is 335 g/mol. The molecule has 0 heterocycles. The molecule has 0 spiro atoms. The van der Waals surface area contributed by atoms with Crippen molar-refractivity contribution in [3.8, 4) is 0 Å². The minimum atomic E-state index is 0.181. The van der Waals surface area contributed by atoms with Crippen LogP contribution >= 0.6 is 11.8 Å². The maximum Gasteiger partial charge on any atom is 0.138 e. The summed E-state index contributed by atoms with van der Waals surface area (Å²) in [6.07, 6.45) is 5.29. The molecule has 0 radical (unpaired) electrons. The number of rotatable bonds is 12. The molecule has 1 rings (SSSR count). The Morgan fingerprint density at radius 2 is 1.83 bits per heavy atom. The van der Waals surface area contributed by atoms with E-state index in [-0.39, 0.29) is 5.92 Å². The Morgan fingerprint density at radius 1 is 1.13 bits per heavy atom. The molecule has 0 fully saturated rings. The predicted octanol–water partition coefficient (Wildman–Crippen LogP) is 5.20. The Kier molecular flexibility index (Phi) is 10.3. The first-order valence-corrected chi connectivity index (χ1v) is 9.97. The third-order valence-electron chi connectivity index (χ3n) is 4.12. The van der Waals surface area contributed by atoms with Gasteiger partial charge in [-0.3, -0.25) is 4.79 Å². The van der Waals surface area contributed by atoms with Gasteiger partial charge in [0, 0.05) is 24.1 Å². The van der Waals surface area contributed by atoms with Crippen LogP contribution in [0, 0.1) is 5.92 Å². The molecule has 0 aromatic heterocycles. The minimum absolute atomic E-state index is 0.181. The Balaban J connectivity index is 2.72. The Bertz CT molecular complexity index is 433. The van der Waals surface area contributed by atoms with Crippen LogP contribution in [0.2, 0.25) is 0 Å². The van der Waals surface area contributed by atoms with Crippen LogP contribution in [0.25, 0.3) is 0 Å². The molecular weight excluding hydrogens is 302 g/mol. The lowest BCUT2D eigenvalue weighted by atomic mass is 9.92. The number of benzene rings is 1. The third kappa shape index (κ3) is 8.03. The lowest BCUT2D eigenvalue weighted by molar-refractivity contribution is -0.123. The zero-order valence-electron chi connectivity index (χ0n) is 15.3. The molecule has 1 aromatic carbocycles. The van der Waals surface area contributed by atoms with Gasteiger partial charge >= 0.3 is 0 Å². The number of hydrogen-bond donors (Lipinski definition) is 0. The number of nitrogens with zero attached hydrogens (tertiary/aromatic N) is 1. The van der Waals surface area contributed by atoms with Gasteiger partial charge in [-0.1, -0.05) is 63.4 Å². The molecule has 0 unspecified atom stereocenters. The molecule has 0 N–H and O–H groups in total. The summed E-state index contributed by atoms with van der Waals surface area (Å²) in [7, 11) is 4.13. The van der Waals surface area contributed by atoms with E-state index >= 15 is 0 Å². The van der Waals surface area contributed by atoms with E-state index in [0.717, 1.165) is 25.1 Å². The van der Waals surface area contributed by atoms with Crippen LogP contribution in [0.4, 0.5) is 0 Å². The topological polar surface area (TPSA) is 20.3 Å². The van der Waals surface area contributed by atoms with Crippen LogP contribution in [0.5, 0.6) is 0 Å². The SMILES string of the molecule is CCCCC[C@H](CN(C)C)C(=O)C[C@@H](SCC)c1ccccc1. The molecule has 0 saturated carbocycles. The van der Waals surface area contributed by atoms with Gasteiger partial charge in [0.25, 0.3) is 0 Å². The molecular formula is C20H33NOS. The first-order valence-electron chi connectivity index (χ1n) is 8.92. The number of thioether (sulfide) groups is 1. The van der Waals surface area contributed by atoms with Crippen molar-refractivity contribution in [2.75, 3.05) is 26.4 Å². The summed E-state index contributed by atoms with van der Waals surface area (Å²) in [5.74, 6) is 1.66. The molecule has 0 aliphatic rings. The Labute approximate surface area is 147 Å². The van der Waals surface area contributed by atoms with Crippen LogP contribution in [0.1, 0.15) is 56.8 Å². The van der Waals surface area contributed by atoms with Crippen molar-refractivity contribution < 1.29 is 4.79 Å². The van der Waals surface area contributed by atoms with E-state index < -0.39 is 0 Å². The second-order valence-corrected chi connectivity index (χ2v) is 7.96. The largest absolute Gasteiger partial charge is 0.309 e. The molecule has 0 saturated heterocycles. The fourth-order valence-electron chi connectivity index (χ4n) is 2.93. The quantitative estimate of drug-likeness (QED) is 0.490. The number of hydrogen-bond acceptors (Lipinski definition) is 3. The van der Waals surface area contributed by atoms with Gasteiger partial charge in [-0.25, -0.2) is 0 Å². The predicted molar refractivity (Wildman–Crippen MR) is 103 cm³/mol. The van der Waals surface area contributed by atoms with Gasteiger partial charge in [0.15, 0.2) is 0 Å². The number of Topliss-reactive ketones (excluding diaryl/α,β-unsaturated/α-hetero) is 1. The Hall–Kier alpha value is -0.800. The Morgan fingerprint density at radius 3 is 2.39 bits per heavy atom. The van der Waals surface area contributed by atoms with Gasteiger partial charge in [0.05, 0.1) is 0 Å². The highest BCUT2D eigenvalue weighted by Crippen LogP contribution is 2.33. The zero-order chi connectivity index (χ0) is 17.1. The number of ketones is 1. The van der Waals surface area contributed by atoms with Crippen molar-refractivity contribution in [1.82, 2.24) is 4.90 Å². The summed E-state index contributed by atoms with van der Waals surface area (Å²) in [6, 6.07) is 10.5. The van der Waals surface area contributed by atoms with E-state index in [2.05, 4.69) is 57.1 Å². The fraction of sp³-hybridized carbons (Fsp3) is 0.650. The molecule has 3 heteroatoms. The number of carbonyl (C=O) groups is 1. The van der Waals surface area contributed by atoms with E-state index in [1.165, 1.54) is 18.4 Å². The van der Waals surface area contributed by atoms with E-state index in [9.17, 15) is 4.79 Å². The first-order chi connectivity index (χ1) is 11.1. The molecule has 1 aromatic rings. The van der Waals surface area contributed by atoms with Crippen molar-refractivity contribution in [2.24, 2.45) is 5.92 Å². The number of unbranched alkanes of at least 4 members (excludes halogenated alkanes) is 2. The molecule has 23 heavy (non-hydrogen) atoms. The lowest BCUT2D eigenvalue weighted by Crippen LogP contribution is -2.28. The second kappa shape index (κ2) is 11.7. The van der Waals surface area contributed by atoms with Crippen molar-refractivity contribution >= 4 is 17.5 Å². The van der Waals surface area contributed by atoms with Gasteiger partial charge in [-0.15, -0.1) is 0 Å². The average Bonchev–Trinajstić information content (AvgIpc) is 2.54. The smallest absolute Gasteiger partial charge is 0.138 e. The van der Waals surface area contributed by atoms with Crippen LogP contribution < -0.4 is 0 Å². The van der Waals surface area contributed by atoms with E-state index in [1.807, 2.05) is 17.8 Å². The van der Waals surface area contributed by atoms with E-state index in [1.54, 1.807) is 0 Å². The van der Waals surface area contributed by atoms with Crippen molar-refractivity contribution in [2.45, 2.75) is 51.2 Å². The van der Waals surface area contributed by atoms with Gasteiger partial charge < -0.3 is 4.90 Å². The van der Waals surface area contributed by atoms with Crippen molar-refractivity contribution in [3.63, 3.8) is 0 Å². The third-order valence-corrected chi connectivity index (χ3v) is 5.30. The summed E-state index contributed by atoms with van der Waals surface area (Å²) in [4.78, 5) is 15.0. The van der Waals surface area contributed by atoms with Crippen molar-refractivity contribution in [1.29, 1.82) is 0 Å². The van der Waals surface area contributed by atoms with Gasteiger partial charge in [0.2, 0.25) is 0 Å². The maximum atomic E-state index is 12.9. The fourth-order valence-corrected chi connectivity index (χ4v) is 3.96. The first kappa shape index (κ1) is 20.2. The molecule has 2 atom stereocenters. The summed E-state index contributed by atoms with van der Waals surface area (Å²) < 4.78 is 0. The molecule has 0 aliphatic carbocycles. The van der Waals surface area contributed by atoms with Crippen LogP contribution in [-0.4, -0.2) is 37.1 Å². The molecule has 0 amide bonds. The molecule has 2 nitrogen and oxygen atoms in total. The highest BCUT2D eigenvalue weighted by Gasteiger charge is 2.23. The van der Waals surface area contributed by atoms with E-state index in [0.29, 0.717) is 17.5 Å². The van der Waals surface area contributed by atoms with Crippen LogP contribution in [0.15, 0.2) is 30.3 Å². The summed E-state index contributed by atoms with van der Waals surface area (Å²) >= 11 is 1.89. The van der Waals surface area contributed by atoms with Gasteiger partial charge in [-0.05, 0) is 31.8 Å². The average molecular weight is 336 g/mol. The highest BCUT2D eigenvalue weighted by atomic mass is 32.2. The molecule has 0 bridgehead atoms. The zero-order valence-corrected chi connectivity index (χ0v) is 16.1. The van der Waals surface area contributed by atoms with Crippen LogP contribution in [-0.2, 0) is 4.79 Å². The standard InChI is InChI=1S/C20H33NOS/c1-5-7-9-14-18(16-21(3)4)19(22)15-20(23-6-2)17-12-10-8-11-13-17/h8,10-13,18,20H,5-7,9,14-16H2,1-4H3/t18-,20-/m1/s1. The maximum absolute atomic E-state index is 12.9. The number of carbonyl (C=O) groups excluding carboxylic acids is 1. The normalized spacial score (nSPS) is 14.0. The van der Waals surface area contributed by atoms with Gasteiger partial charge in [0.1, 0.15) is 5.78 Å². The highest BCUT2D eigenvalue weighted by molar-refractivity contribution is 7.99. The second-order valence-electron chi connectivity index (χ2n) is 6.48. The van der Waals surface area contributed by atoms with Crippen molar-refractivity contribution in [3.05, 3.63) is 35.9 Å². The minimum Gasteiger partial charge on any atom is -0.309 e. The molecule has 130 valence electrons. The molecule has 0 aliphatic heterocycles. The van der Waals surface area contributed by atoms with Gasteiger partial charge in [-0.2, -0.15) is 11.8 Å². The van der Waals surface area contributed by atoms with Crippen LogP contribution in [0.3, 0.4) is 0 Å². The van der Waals surface area contributed by atoms with E-state index in [4.69, 9.17) is 0 Å². The lowest BCUT2D eigenvalue weighted by Gasteiger charge is -2.23.